The van der Waals surface area contributed by atoms with Crippen molar-refractivity contribution in [3.8, 4) is 0 Å². The molecule has 1 aliphatic heterocycles. The molecule has 0 bridgehead atoms. The van der Waals surface area contributed by atoms with Gasteiger partial charge in [-0.05, 0) is 25.3 Å². The lowest BCUT2D eigenvalue weighted by atomic mass is 10.00. The summed E-state index contributed by atoms with van der Waals surface area (Å²) in [5, 5.41) is 0. The second-order valence-electron chi connectivity index (χ2n) is 4.43. The molecule has 1 atom stereocenters. The van der Waals surface area contributed by atoms with E-state index in [-0.39, 0.29) is 11.4 Å². The number of rotatable bonds is 2. The molecule has 1 aromatic carbocycles. The van der Waals surface area contributed by atoms with Crippen molar-refractivity contribution >= 4 is 17.3 Å². The second kappa shape index (κ2) is 4.80. The Morgan fingerprint density at radius 1 is 1.33 bits per heavy atom. The van der Waals surface area contributed by atoms with E-state index in [1.807, 2.05) is 0 Å². The Hall–Kier alpha value is -1.85. The first-order valence-electron chi connectivity index (χ1n) is 5.81. The van der Waals surface area contributed by atoms with Crippen LogP contribution in [0.25, 0.3) is 0 Å². The molecule has 0 saturated carbocycles. The number of carbonyl (C=O) groups excluding carboxylic acids is 1. The molecule has 98 valence electrons. The third kappa shape index (κ3) is 2.23. The number of anilines is 2. The number of carbonyl (C=O) groups is 1. The molecule has 18 heavy (non-hydrogen) atoms. The van der Waals surface area contributed by atoms with Gasteiger partial charge in [0, 0.05) is 12.6 Å². The fraction of sp³-hybridized carbons (Fsp3) is 0.417. The fourth-order valence-electron chi connectivity index (χ4n) is 2.32. The van der Waals surface area contributed by atoms with Gasteiger partial charge < -0.3 is 16.4 Å². The normalized spacial score (nSPS) is 19.9. The maximum Gasteiger partial charge on any atom is 0.240 e. The second-order valence-corrected chi connectivity index (χ2v) is 4.43. The monoisotopic (exact) mass is 255 g/mol. The third-order valence-electron chi connectivity index (χ3n) is 3.21. The molecule has 4 nitrogen and oxygen atoms in total. The maximum absolute atomic E-state index is 13.4. The lowest BCUT2D eigenvalue weighted by Crippen LogP contribution is -2.48. The van der Waals surface area contributed by atoms with Crippen molar-refractivity contribution in [3.63, 3.8) is 0 Å². The molecule has 2 rings (SSSR count). The van der Waals surface area contributed by atoms with Crippen LogP contribution in [-0.4, -0.2) is 18.5 Å². The molecule has 0 radical (unpaired) electrons. The van der Waals surface area contributed by atoms with E-state index in [1.54, 1.807) is 4.90 Å². The summed E-state index contributed by atoms with van der Waals surface area (Å²) in [4.78, 5) is 13.0. The summed E-state index contributed by atoms with van der Waals surface area (Å²) < 4.78 is 26.7. The van der Waals surface area contributed by atoms with E-state index in [0.29, 0.717) is 13.0 Å². The summed E-state index contributed by atoms with van der Waals surface area (Å²) in [6.45, 7) is 0.515. The molecule has 0 aliphatic carbocycles. The maximum atomic E-state index is 13.4. The van der Waals surface area contributed by atoms with Crippen LogP contribution in [0.1, 0.15) is 19.3 Å². The molecular formula is C12H15F2N3O. The minimum atomic E-state index is -0.821. The van der Waals surface area contributed by atoms with Gasteiger partial charge in [0.05, 0.1) is 11.4 Å². The number of benzene rings is 1. The Bertz CT molecular complexity index is 479. The van der Waals surface area contributed by atoms with Crippen LogP contribution in [0.3, 0.4) is 0 Å². The SMILES string of the molecule is NC(=O)C1CCCCN1c1cc(F)cc(F)c1N. The Labute approximate surface area is 104 Å². The molecular weight excluding hydrogens is 240 g/mol. The zero-order chi connectivity index (χ0) is 13.3. The predicted molar refractivity (Wildman–Crippen MR) is 64.9 cm³/mol. The molecule has 1 aliphatic rings. The Morgan fingerprint density at radius 3 is 2.72 bits per heavy atom. The molecule has 0 spiro atoms. The number of halogens is 2. The fourth-order valence-corrected chi connectivity index (χ4v) is 2.32. The number of nitrogen functional groups attached to an aromatic ring is 1. The molecule has 1 fully saturated rings. The Kier molecular flexibility index (Phi) is 3.36. The van der Waals surface area contributed by atoms with Gasteiger partial charge in [-0.3, -0.25) is 4.79 Å². The highest BCUT2D eigenvalue weighted by molar-refractivity contribution is 5.85. The standard InChI is InChI=1S/C12H15F2N3O/c13-7-5-8(14)11(15)10(6-7)17-4-2-1-3-9(17)12(16)18/h5-6,9H,1-4,15H2,(H2,16,18). The van der Waals surface area contributed by atoms with Gasteiger partial charge in [-0.15, -0.1) is 0 Å². The number of piperidine rings is 1. The molecule has 4 N–H and O–H groups in total. The lowest BCUT2D eigenvalue weighted by Gasteiger charge is -2.36. The predicted octanol–water partition coefficient (Wildman–Crippen LogP) is 1.39. The summed E-state index contributed by atoms with van der Waals surface area (Å²) in [7, 11) is 0. The number of primary amides is 1. The van der Waals surface area contributed by atoms with Gasteiger partial charge >= 0.3 is 0 Å². The van der Waals surface area contributed by atoms with E-state index >= 15 is 0 Å². The summed E-state index contributed by atoms with van der Waals surface area (Å²) in [5.74, 6) is -2.04. The number of nitrogens with zero attached hydrogens (tertiary/aromatic N) is 1. The zero-order valence-electron chi connectivity index (χ0n) is 9.83. The van der Waals surface area contributed by atoms with E-state index in [9.17, 15) is 13.6 Å². The van der Waals surface area contributed by atoms with Crippen molar-refractivity contribution < 1.29 is 13.6 Å². The van der Waals surface area contributed by atoms with Crippen molar-refractivity contribution in [2.24, 2.45) is 5.73 Å². The third-order valence-corrected chi connectivity index (χ3v) is 3.21. The van der Waals surface area contributed by atoms with Crippen LogP contribution in [0, 0.1) is 11.6 Å². The molecule has 1 heterocycles. The number of hydrogen-bond acceptors (Lipinski definition) is 3. The van der Waals surface area contributed by atoms with Crippen molar-refractivity contribution in [1.29, 1.82) is 0 Å². The minimum absolute atomic E-state index is 0.149. The van der Waals surface area contributed by atoms with Gasteiger partial charge in [-0.1, -0.05) is 0 Å². The summed E-state index contributed by atoms with van der Waals surface area (Å²) in [6.07, 6.45) is 2.27. The van der Waals surface area contributed by atoms with Crippen LogP contribution >= 0.6 is 0 Å². The van der Waals surface area contributed by atoms with Gasteiger partial charge in [0.2, 0.25) is 5.91 Å². The van der Waals surface area contributed by atoms with E-state index in [2.05, 4.69) is 0 Å². The molecule has 6 heteroatoms. The number of amides is 1. The van der Waals surface area contributed by atoms with Crippen LogP contribution in [0.2, 0.25) is 0 Å². The highest BCUT2D eigenvalue weighted by atomic mass is 19.1. The van der Waals surface area contributed by atoms with Gasteiger partial charge in [0.1, 0.15) is 11.9 Å². The lowest BCUT2D eigenvalue weighted by molar-refractivity contribution is -0.119. The van der Waals surface area contributed by atoms with Crippen LogP contribution in [0.15, 0.2) is 12.1 Å². The topological polar surface area (TPSA) is 72.4 Å². The van der Waals surface area contributed by atoms with Gasteiger partial charge in [0.15, 0.2) is 5.82 Å². The molecule has 0 aromatic heterocycles. The molecule has 1 unspecified atom stereocenters. The van der Waals surface area contributed by atoms with Crippen molar-refractivity contribution in [2.75, 3.05) is 17.2 Å². The van der Waals surface area contributed by atoms with Crippen molar-refractivity contribution in [1.82, 2.24) is 0 Å². The van der Waals surface area contributed by atoms with Gasteiger partial charge in [0.25, 0.3) is 0 Å². The van der Waals surface area contributed by atoms with Crippen LogP contribution in [-0.2, 0) is 4.79 Å². The molecule has 1 aromatic rings. The zero-order valence-corrected chi connectivity index (χ0v) is 9.83. The minimum Gasteiger partial charge on any atom is -0.395 e. The number of nitrogens with two attached hydrogens (primary N) is 2. The van der Waals surface area contributed by atoms with Gasteiger partial charge in [-0.2, -0.15) is 0 Å². The summed E-state index contributed by atoms with van der Waals surface area (Å²) >= 11 is 0. The van der Waals surface area contributed by atoms with Crippen molar-refractivity contribution in [3.05, 3.63) is 23.8 Å². The quantitative estimate of drug-likeness (QED) is 0.784. The molecule has 1 amide bonds. The van der Waals surface area contributed by atoms with Crippen molar-refractivity contribution in [2.45, 2.75) is 25.3 Å². The average Bonchev–Trinajstić information content (AvgIpc) is 2.33. The average molecular weight is 255 g/mol. The van der Waals surface area contributed by atoms with Crippen LogP contribution < -0.4 is 16.4 Å². The van der Waals surface area contributed by atoms with Gasteiger partial charge in [-0.25, -0.2) is 8.78 Å². The van der Waals surface area contributed by atoms with E-state index in [4.69, 9.17) is 11.5 Å². The van der Waals surface area contributed by atoms with E-state index in [0.717, 1.165) is 25.0 Å². The summed E-state index contributed by atoms with van der Waals surface area (Å²) in [5.41, 5.74) is 11.0. The largest absolute Gasteiger partial charge is 0.395 e. The first-order chi connectivity index (χ1) is 8.50. The first kappa shape index (κ1) is 12.6. The summed E-state index contributed by atoms with van der Waals surface area (Å²) in [6, 6.07) is 1.31. The smallest absolute Gasteiger partial charge is 0.240 e. The van der Waals surface area contributed by atoms with E-state index < -0.39 is 23.6 Å². The highest BCUT2D eigenvalue weighted by Gasteiger charge is 2.29. The first-order valence-corrected chi connectivity index (χ1v) is 5.81. The molecule has 1 saturated heterocycles. The van der Waals surface area contributed by atoms with Crippen LogP contribution in [0.5, 0.6) is 0 Å². The van der Waals surface area contributed by atoms with Crippen LogP contribution in [0.4, 0.5) is 20.2 Å². The van der Waals surface area contributed by atoms with E-state index in [1.165, 1.54) is 0 Å². The Balaban J connectivity index is 2.42. The highest BCUT2D eigenvalue weighted by Crippen LogP contribution is 2.32. The Morgan fingerprint density at radius 2 is 2.06 bits per heavy atom. The number of hydrogen-bond donors (Lipinski definition) is 2.